The van der Waals surface area contributed by atoms with Crippen LogP contribution in [0.4, 0.5) is 10.1 Å². The molecule has 0 radical (unpaired) electrons. The number of amides is 1. The van der Waals surface area contributed by atoms with Crippen LogP contribution in [0.15, 0.2) is 36.7 Å². The molecule has 2 aromatic rings. The number of rotatable bonds is 6. The first-order chi connectivity index (χ1) is 11.7. The molecule has 0 bridgehead atoms. The quantitative estimate of drug-likeness (QED) is 0.846. The number of anilines is 1. The van der Waals surface area contributed by atoms with Crippen molar-refractivity contribution in [2.75, 3.05) is 38.0 Å². The van der Waals surface area contributed by atoms with Gasteiger partial charge in [0.25, 0.3) is 0 Å². The van der Waals surface area contributed by atoms with Gasteiger partial charge in [-0.15, -0.1) is 0 Å². The van der Waals surface area contributed by atoms with Gasteiger partial charge in [-0.05, 0) is 24.3 Å². The Morgan fingerprint density at radius 2 is 1.88 bits per heavy atom. The van der Waals surface area contributed by atoms with Gasteiger partial charge in [0.05, 0.1) is 6.20 Å². The molecule has 0 atom stereocenters. The number of carbonyl (C=O) groups excluding carboxylic acids is 1. The molecule has 1 fully saturated rings. The molecule has 0 spiro atoms. The second kappa shape index (κ2) is 8.03. The minimum absolute atomic E-state index is 0.0394. The van der Waals surface area contributed by atoms with Gasteiger partial charge < -0.3 is 10.2 Å². The molecular weight excluding hydrogens is 309 g/mol. The molecule has 1 aromatic heterocycles. The molecule has 1 aliphatic rings. The third kappa shape index (κ3) is 4.87. The van der Waals surface area contributed by atoms with E-state index in [9.17, 15) is 9.18 Å². The Hall–Kier alpha value is -2.25. The van der Waals surface area contributed by atoms with Crippen molar-refractivity contribution in [1.29, 1.82) is 0 Å². The van der Waals surface area contributed by atoms with Crippen molar-refractivity contribution in [1.82, 2.24) is 20.0 Å². The van der Waals surface area contributed by atoms with Crippen LogP contribution in [0, 0.1) is 5.82 Å². The van der Waals surface area contributed by atoms with Crippen LogP contribution in [0.1, 0.15) is 12.0 Å². The molecule has 1 aromatic carbocycles. The average molecular weight is 331 g/mol. The summed E-state index contributed by atoms with van der Waals surface area (Å²) in [5.41, 5.74) is 1.83. The van der Waals surface area contributed by atoms with Gasteiger partial charge in [-0.1, -0.05) is 0 Å². The molecule has 2 heterocycles. The molecular formula is C17H22FN5O. The van der Waals surface area contributed by atoms with E-state index in [1.54, 1.807) is 12.1 Å². The fraction of sp³-hybridized carbons (Fsp3) is 0.412. The van der Waals surface area contributed by atoms with Crippen molar-refractivity contribution in [3.63, 3.8) is 0 Å². The SMILES string of the molecule is O=C(CCN1CCN(Cc2cn[nH]c2)CC1)Nc1ccc(F)cc1. The highest BCUT2D eigenvalue weighted by Crippen LogP contribution is 2.10. The van der Waals surface area contributed by atoms with E-state index in [1.807, 2.05) is 12.4 Å². The molecule has 1 aliphatic heterocycles. The molecule has 2 N–H and O–H groups in total. The van der Waals surface area contributed by atoms with Crippen LogP contribution >= 0.6 is 0 Å². The molecule has 0 aliphatic carbocycles. The molecule has 128 valence electrons. The van der Waals surface area contributed by atoms with Gasteiger partial charge >= 0.3 is 0 Å². The third-order valence-electron chi connectivity index (χ3n) is 4.21. The van der Waals surface area contributed by atoms with E-state index in [4.69, 9.17) is 0 Å². The Morgan fingerprint density at radius 1 is 1.17 bits per heavy atom. The van der Waals surface area contributed by atoms with Gasteiger partial charge in [-0.2, -0.15) is 5.10 Å². The number of piperazine rings is 1. The number of nitrogens with one attached hydrogen (secondary N) is 2. The fourth-order valence-electron chi connectivity index (χ4n) is 2.81. The first-order valence-corrected chi connectivity index (χ1v) is 8.17. The smallest absolute Gasteiger partial charge is 0.225 e. The normalized spacial score (nSPS) is 16.2. The Balaban J connectivity index is 1.35. The summed E-state index contributed by atoms with van der Waals surface area (Å²) in [5.74, 6) is -0.344. The van der Waals surface area contributed by atoms with Crippen LogP contribution in [0.25, 0.3) is 0 Å². The van der Waals surface area contributed by atoms with Crippen LogP contribution in [0.3, 0.4) is 0 Å². The number of H-pyrrole nitrogens is 1. The highest BCUT2D eigenvalue weighted by molar-refractivity contribution is 5.90. The lowest BCUT2D eigenvalue weighted by Gasteiger charge is -2.34. The van der Waals surface area contributed by atoms with Gasteiger partial charge in [-0.3, -0.25) is 14.8 Å². The number of benzene rings is 1. The largest absolute Gasteiger partial charge is 0.326 e. The van der Waals surface area contributed by atoms with Gasteiger partial charge in [0, 0.05) is 63.1 Å². The van der Waals surface area contributed by atoms with Crippen LogP contribution in [0.2, 0.25) is 0 Å². The van der Waals surface area contributed by atoms with Crippen molar-refractivity contribution < 1.29 is 9.18 Å². The molecule has 3 rings (SSSR count). The Bertz CT molecular complexity index is 636. The minimum Gasteiger partial charge on any atom is -0.326 e. The van der Waals surface area contributed by atoms with E-state index in [1.165, 1.54) is 17.7 Å². The number of halogens is 1. The summed E-state index contributed by atoms with van der Waals surface area (Å²) in [7, 11) is 0. The van der Waals surface area contributed by atoms with E-state index < -0.39 is 0 Å². The maximum absolute atomic E-state index is 12.8. The Morgan fingerprint density at radius 3 is 2.54 bits per heavy atom. The molecule has 1 saturated heterocycles. The zero-order chi connectivity index (χ0) is 16.8. The molecule has 1 amide bonds. The summed E-state index contributed by atoms with van der Waals surface area (Å²) in [6.07, 6.45) is 4.22. The average Bonchev–Trinajstić information content (AvgIpc) is 3.09. The standard InChI is InChI=1S/C17H22FN5O/c18-15-1-3-16(4-2-15)21-17(24)5-6-22-7-9-23(10-8-22)13-14-11-19-20-12-14/h1-4,11-12H,5-10,13H2,(H,19,20)(H,21,24). The topological polar surface area (TPSA) is 64.3 Å². The summed E-state index contributed by atoms with van der Waals surface area (Å²) < 4.78 is 12.8. The lowest BCUT2D eigenvalue weighted by Crippen LogP contribution is -2.46. The van der Waals surface area contributed by atoms with Crippen molar-refractivity contribution in [3.8, 4) is 0 Å². The number of aromatic nitrogens is 2. The Labute approximate surface area is 140 Å². The predicted molar refractivity (Wildman–Crippen MR) is 90.0 cm³/mol. The molecule has 0 saturated carbocycles. The number of hydrogen-bond acceptors (Lipinski definition) is 4. The summed E-state index contributed by atoms with van der Waals surface area (Å²) in [4.78, 5) is 16.7. The zero-order valence-corrected chi connectivity index (χ0v) is 13.5. The lowest BCUT2D eigenvalue weighted by atomic mass is 10.2. The van der Waals surface area contributed by atoms with Gasteiger partial charge in [-0.25, -0.2) is 4.39 Å². The van der Waals surface area contributed by atoms with Crippen LogP contribution in [-0.4, -0.2) is 58.6 Å². The van der Waals surface area contributed by atoms with Crippen LogP contribution < -0.4 is 5.32 Å². The lowest BCUT2D eigenvalue weighted by molar-refractivity contribution is -0.116. The van der Waals surface area contributed by atoms with Crippen molar-refractivity contribution >= 4 is 11.6 Å². The number of carbonyl (C=O) groups is 1. The highest BCUT2D eigenvalue weighted by atomic mass is 19.1. The van der Waals surface area contributed by atoms with Crippen LogP contribution in [-0.2, 0) is 11.3 Å². The number of nitrogens with zero attached hydrogens (tertiary/aromatic N) is 3. The predicted octanol–water partition coefficient (Wildman–Crippen LogP) is 1.70. The first kappa shape index (κ1) is 16.6. The van der Waals surface area contributed by atoms with E-state index in [0.717, 1.165) is 39.3 Å². The van der Waals surface area contributed by atoms with E-state index in [-0.39, 0.29) is 11.7 Å². The van der Waals surface area contributed by atoms with Gasteiger partial charge in [0.15, 0.2) is 0 Å². The van der Waals surface area contributed by atoms with Gasteiger partial charge in [0.2, 0.25) is 5.91 Å². The van der Waals surface area contributed by atoms with E-state index in [0.29, 0.717) is 12.1 Å². The molecule has 24 heavy (non-hydrogen) atoms. The summed E-state index contributed by atoms with van der Waals surface area (Å²) in [5, 5.41) is 9.59. The second-order valence-electron chi connectivity index (χ2n) is 6.03. The molecule has 6 nitrogen and oxygen atoms in total. The summed E-state index contributed by atoms with van der Waals surface area (Å²) in [6.45, 7) is 5.56. The van der Waals surface area contributed by atoms with Gasteiger partial charge in [0.1, 0.15) is 5.82 Å². The van der Waals surface area contributed by atoms with Crippen molar-refractivity contribution in [2.45, 2.75) is 13.0 Å². The van der Waals surface area contributed by atoms with E-state index >= 15 is 0 Å². The maximum Gasteiger partial charge on any atom is 0.225 e. The summed E-state index contributed by atoms with van der Waals surface area (Å²) in [6, 6.07) is 5.83. The van der Waals surface area contributed by atoms with Crippen molar-refractivity contribution in [2.24, 2.45) is 0 Å². The van der Waals surface area contributed by atoms with Crippen LogP contribution in [0.5, 0.6) is 0 Å². The third-order valence-corrected chi connectivity index (χ3v) is 4.21. The monoisotopic (exact) mass is 331 g/mol. The molecule has 0 unspecified atom stereocenters. The van der Waals surface area contributed by atoms with Crippen molar-refractivity contribution in [3.05, 3.63) is 48.0 Å². The minimum atomic E-state index is -0.304. The Kier molecular flexibility index (Phi) is 5.55. The first-order valence-electron chi connectivity index (χ1n) is 8.17. The molecule has 7 heteroatoms. The highest BCUT2D eigenvalue weighted by Gasteiger charge is 2.17. The number of aromatic amines is 1. The maximum atomic E-state index is 12.8. The second-order valence-corrected chi connectivity index (χ2v) is 6.03. The zero-order valence-electron chi connectivity index (χ0n) is 13.5. The number of hydrogen-bond donors (Lipinski definition) is 2. The van der Waals surface area contributed by atoms with E-state index in [2.05, 4.69) is 25.3 Å². The summed E-state index contributed by atoms with van der Waals surface area (Å²) >= 11 is 0. The fourth-order valence-corrected chi connectivity index (χ4v) is 2.81.